The van der Waals surface area contributed by atoms with Crippen molar-refractivity contribution in [1.82, 2.24) is 9.78 Å². The van der Waals surface area contributed by atoms with Crippen molar-refractivity contribution >= 4 is 17.4 Å². The molecule has 0 unspecified atom stereocenters. The number of nitrogen functional groups attached to an aromatic ring is 1. The number of aromatic nitrogens is 2. The van der Waals surface area contributed by atoms with Crippen LogP contribution in [0.2, 0.25) is 5.02 Å². The zero-order valence-corrected chi connectivity index (χ0v) is 12.5. The molecule has 3 aromatic rings. The van der Waals surface area contributed by atoms with Gasteiger partial charge in [-0.3, -0.25) is 0 Å². The lowest BCUT2D eigenvalue weighted by Gasteiger charge is -2.04. The van der Waals surface area contributed by atoms with Gasteiger partial charge in [0, 0.05) is 16.7 Å². The topological polar surface area (TPSA) is 43.8 Å². The van der Waals surface area contributed by atoms with E-state index in [1.54, 1.807) is 4.68 Å². The summed E-state index contributed by atoms with van der Waals surface area (Å²) < 4.78 is 1.79. The van der Waals surface area contributed by atoms with Crippen molar-refractivity contribution < 1.29 is 0 Å². The number of nitrogens with two attached hydrogens (primary N) is 1. The smallest absolute Gasteiger partial charge is 0.122 e. The molecule has 0 spiro atoms. The summed E-state index contributed by atoms with van der Waals surface area (Å²) in [5, 5.41) is 5.30. The highest BCUT2D eigenvalue weighted by Gasteiger charge is 2.07. The average molecular weight is 298 g/mol. The molecule has 1 aromatic heterocycles. The Labute approximate surface area is 129 Å². The Balaban J connectivity index is 1.89. The largest absolute Gasteiger partial charge is 0.384 e. The van der Waals surface area contributed by atoms with Crippen molar-refractivity contribution in [2.45, 2.75) is 13.5 Å². The minimum Gasteiger partial charge on any atom is -0.384 e. The Kier molecular flexibility index (Phi) is 3.67. The van der Waals surface area contributed by atoms with Crippen LogP contribution in [0.5, 0.6) is 0 Å². The van der Waals surface area contributed by atoms with Gasteiger partial charge in [0.05, 0.1) is 12.2 Å². The summed E-state index contributed by atoms with van der Waals surface area (Å²) in [7, 11) is 0. The number of nitrogens with zero attached hydrogens (tertiary/aromatic N) is 2. The standard InChI is InChI=1S/C17H16ClN3/c1-12-5-7-14(8-6-12)16-10-17(19)21(20-16)11-13-3-2-4-15(18)9-13/h2-10H,11,19H2,1H3. The van der Waals surface area contributed by atoms with Gasteiger partial charge < -0.3 is 5.73 Å². The number of halogens is 1. The molecule has 2 aromatic carbocycles. The molecule has 0 amide bonds. The van der Waals surface area contributed by atoms with Gasteiger partial charge in [-0.25, -0.2) is 4.68 Å². The number of aryl methyl sites for hydroxylation is 1. The van der Waals surface area contributed by atoms with Crippen LogP contribution >= 0.6 is 11.6 Å². The molecule has 21 heavy (non-hydrogen) atoms. The molecular weight excluding hydrogens is 282 g/mol. The Hall–Kier alpha value is -2.26. The maximum atomic E-state index is 6.06. The predicted molar refractivity (Wildman–Crippen MR) is 87.4 cm³/mol. The van der Waals surface area contributed by atoms with Crippen molar-refractivity contribution in [2.75, 3.05) is 5.73 Å². The molecule has 0 aliphatic rings. The van der Waals surface area contributed by atoms with Gasteiger partial charge in [-0.1, -0.05) is 53.6 Å². The molecule has 0 saturated carbocycles. The lowest BCUT2D eigenvalue weighted by atomic mass is 10.1. The van der Waals surface area contributed by atoms with Crippen molar-refractivity contribution in [3.05, 3.63) is 70.7 Å². The van der Waals surface area contributed by atoms with Crippen LogP contribution in [0.4, 0.5) is 5.82 Å². The van der Waals surface area contributed by atoms with E-state index in [-0.39, 0.29) is 0 Å². The Morgan fingerprint density at radius 3 is 2.57 bits per heavy atom. The van der Waals surface area contributed by atoms with E-state index in [0.717, 1.165) is 21.8 Å². The van der Waals surface area contributed by atoms with Crippen molar-refractivity contribution in [3.63, 3.8) is 0 Å². The van der Waals surface area contributed by atoms with E-state index in [9.17, 15) is 0 Å². The first kappa shape index (κ1) is 13.7. The van der Waals surface area contributed by atoms with E-state index in [4.69, 9.17) is 17.3 Å². The van der Waals surface area contributed by atoms with Gasteiger partial charge in [0.25, 0.3) is 0 Å². The van der Waals surface area contributed by atoms with E-state index < -0.39 is 0 Å². The third-order valence-electron chi connectivity index (χ3n) is 3.38. The highest BCUT2D eigenvalue weighted by Crippen LogP contribution is 2.22. The van der Waals surface area contributed by atoms with Crippen LogP contribution in [0.3, 0.4) is 0 Å². The number of benzene rings is 2. The monoisotopic (exact) mass is 297 g/mol. The zero-order valence-electron chi connectivity index (χ0n) is 11.8. The highest BCUT2D eigenvalue weighted by molar-refractivity contribution is 6.30. The molecule has 1 heterocycles. The van der Waals surface area contributed by atoms with Gasteiger partial charge in [-0.2, -0.15) is 5.10 Å². The van der Waals surface area contributed by atoms with Crippen LogP contribution < -0.4 is 5.73 Å². The molecule has 3 nitrogen and oxygen atoms in total. The van der Waals surface area contributed by atoms with E-state index in [1.165, 1.54) is 5.56 Å². The number of anilines is 1. The van der Waals surface area contributed by atoms with Gasteiger partial charge in [-0.15, -0.1) is 0 Å². The molecule has 2 N–H and O–H groups in total. The molecule has 0 atom stereocenters. The van der Waals surface area contributed by atoms with E-state index >= 15 is 0 Å². The number of hydrogen-bond donors (Lipinski definition) is 1. The minimum atomic E-state index is 0.609. The van der Waals surface area contributed by atoms with Crippen molar-refractivity contribution in [1.29, 1.82) is 0 Å². The average Bonchev–Trinajstić information content (AvgIpc) is 2.81. The van der Waals surface area contributed by atoms with Gasteiger partial charge in [-0.05, 0) is 24.6 Å². The fourth-order valence-electron chi connectivity index (χ4n) is 2.23. The van der Waals surface area contributed by atoms with Gasteiger partial charge in [0.2, 0.25) is 0 Å². The lowest BCUT2D eigenvalue weighted by molar-refractivity contribution is 0.700. The zero-order chi connectivity index (χ0) is 14.8. The summed E-state index contributed by atoms with van der Waals surface area (Å²) >= 11 is 6.01. The SMILES string of the molecule is Cc1ccc(-c2cc(N)n(Cc3cccc(Cl)c3)n2)cc1. The molecule has 0 saturated heterocycles. The van der Waals surface area contributed by atoms with Crippen LogP contribution in [-0.2, 0) is 6.54 Å². The van der Waals surface area contributed by atoms with Crippen LogP contribution in [-0.4, -0.2) is 9.78 Å². The summed E-state index contributed by atoms with van der Waals surface area (Å²) in [5.74, 6) is 0.644. The van der Waals surface area contributed by atoms with Crippen LogP contribution in [0.25, 0.3) is 11.3 Å². The number of rotatable bonds is 3. The van der Waals surface area contributed by atoms with E-state index in [0.29, 0.717) is 12.4 Å². The molecule has 106 valence electrons. The quantitative estimate of drug-likeness (QED) is 0.789. The Morgan fingerprint density at radius 2 is 1.86 bits per heavy atom. The third-order valence-corrected chi connectivity index (χ3v) is 3.61. The molecule has 0 radical (unpaired) electrons. The van der Waals surface area contributed by atoms with Crippen LogP contribution in [0.1, 0.15) is 11.1 Å². The Bertz CT molecular complexity index is 760. The second-order valence-corrected chi connectivity index (χ2v) is 5.54. The van der Waals surface area contributed by atoms with Gasteiger partial charge >= 0.3 is 0 Å². The summed E-state index contributed by atoms with van der Waals surface area (Å²) in [4.78, 5) is 0. The van der Waals surface area contributed by atoms with E-state index in [1.807, 2.05) is 30.3 Å². The molecule has 0 bridgehead atoms. The first-order valence-electron chi connectivity index (χ1n) is 6.76. The first-order chi connectivity index (χ1) is 10.1. The van der Waals surface area contributed by atoms with Gasteiger partial charge in [0.15, 0.2) is 0 Å². The lowest BCUT2D eigenvalue weighted by Crippen LogP contribution is -2.05. The maximum absolute atomic E-state index is 6.06. The van der Waals surface area contributed by atoms with E-state index in [2.05, 4.69) is 36.3 Å². The summed E-state index contributed by atoms with van der Waals surface area (Å²) in [6.45, 7) is 2.67. The normalized spacial score (nSPS) is 10.8. The molecule has 4 heteroatoms. The fourth-order valence-corrected chi connectivity index (χ4v) is 2.44. The molecule has 0 aliphatic carbocycles. The highest BCUT2D eigenvalue weighted by atomic mass is 35.5. The van der Waals surface area contributed by atoms with Crippen LogP contribution in [0.15, 0.2) is 54.6 Å². The van der Waals surface area contributed by atoms with Gasteiger partial charge in [0.1, 0.15) is 5.82 Å². The summed E-state index contributed by atoms with van der Waals surface area (Å²) in [5.41, 5.74) is 10.3. The van der Waals surface area contributed by atoms with Crippen molar-refractivity contribution in [2.24, 2.45) is 0 Å². The number of hydrogen-bond acceptors (Lipinski definition) is 2. The molecule has 0 fully saturated rings. The second-order valence-electron chi connectivity index (χ2n) is 5.11. The summed E-state index contributed by atoms with van der Waals surface area (Å²) in [6.07, 6.45) is 0. The maximum Gasteiger partial charge on any atom is 0.122 e. The third kappa shape index (κ3) is 3.09. The molecule has 0 aliphatic heterocycles. The van der Waals surface area contributed by atoms with Crippen molar-refractivity contribution in [3.8, 4) is 11.3 Å². The minimum absolute atomic E-state index is 0.609. The molecular formula is C17H16ClN3. The predicted octanol–water partition coefficient (Wildman–Crippen LogP) is 4.14. The molecule has 3 rings (SSSR count). The summed E-state index contributed by atoms with van der Waals surface area (Å²) in [6, 6.07) is 17.9. The Morgan fingerprint density at radius 1 is 1.10 bits per heavy atom. The fraction of sp³-hybridized carbons (Fsp3) is 0.118. The van der Waals surface area contributed by atoms with Crippen LogP contribution in [0, 0.1) is 6.92 Å². The first-order valence-corrected chi connectivity index (χ1v) is 7.14. The second kappa shape index (κ2) is 5.62.